The van der Waals surface area contributed by atoms with Crippen LogP contribution in [0.15, 0.2) is 12.1 Å². The van der Waals surface area contributed by atoms with Gasteiger partial charge >= 0.3 is 0 Å². The molecule has 1 aromatic carbocycles. The Bertz CT molecular complexity index is 656. The standard InChI is InChI=1S/C20H24O2/c1-3-12-10-14(21)11-13-4-5-15-16(19(12)13)8-9-20(2)17(15)6-7-18(20)22/h1,10-11,15-18,21-22H,4-9H2,2H3/t15-,16+,17+,18?,20+/m1/s1. The Morgan fingerprint density at radius 1 is 1.23 bits per heavy atom. The maximum absolute atomic E-state index is 10.4. The van der Waals surface area contributed by atoms with Gasteiger partial charge in [-0.3, -0.25) is 0 Å². The number of aromatic hydroxyl groups is 1. The number of hydrogen-bond donors (Lipinski definition) is 2. The van der Waals surface area contributed by atoms with Crippen LogP contribution in [0.25, 0.3) is 0 Å². The Morgan fingerprint density at radius 2 is 2.05 bits per heavy atom. The van der Waals surface area contributed by atoms with E-state index in [-0.39, 0.29) is 11.5 Å². The number of phenols is 1. The maximum atomic E-state index is 10.4. The smallest absolute Gasteiger partial charge is 0.117 e. The minimum atomic E-state index is -0.133. The van der Waals surface area contributed by atoms with Crippen molar-refractivity contribution in [2.75, 3.05) is 0 Å². The first-order chi connectivity index (χ1) is 10.5. The molecule has 1 unspecified atom stereocenters. The Labute approximate surface area is 132 Å². The summed E-state index contributed by atoms with van der Waals surface area (Å²) in [4.78, 5) is 0. The molecule has 0 aromatic heterocycles. The van der Waals surface area contributed by atoms with Crippen LogP contribution in [0.5, 0.6) is 5.75 Å². The number of aliphatic hydroxyl groups excluding tert-OH is 1. The molecule has 2 nitrogen and oxygen atoms in total. The molecule has 2 saturated carbocycles. The van der Waals surface area contributed by atoms with Crippen LogP contribution in [0, 0.1) is 29.6 Å². The van der Waals surface area contributed by atoms with E-state index in [0.717, 1.165) is 44.1 Å². The fourth-order valence-electron chi connectivity index (χ4n) is 5.80. The summed E-state index contributed by atoms with van der Waals surface area (Å²) in [5.41, 5.74) is 3.55. The molecule has 0 saturated heterocycles. The van der Waals surface area contributed by atoms with Crippen LogP contribution >= 0.6 is 0 Å². The van der Waals surface area contributed by atoms with E-state index in [2.05, 4.69) is 12.8 Å². The van der Waals surface area contributed by atoms with Crippen LogP contribution in [0.4, 0.5) is 0 Å². The third kappa shape index (κ3) is 1.78. The lowest BCUT2D eigenvalue weighted by Gasteiger charge is -2.50. The van der Waals surface area contributed by atoms with Crippen LogP contribution in [0.1, 0.15) is 61.6 Å². The predicted molar refractivity (Wildman–Crippen MR) is 86.7 cm³/mol. The highest BCUT2D eigenvalue weighted by Gasteiger charge is 2.54. The van der Waals surface area contributed by atoms with Gasteiger partial charge in [0, 0.05) is 5.56 Å². The van der Waals surface area contributed by atoms with Gasteiger partial charge in [0.25, 0.3) is 0 Å². The SMILES string of the molecule is C#Cc1cc(O)cc2c1[C@H]1CC[C@]3(C)C(O)CC[C@H]3[C@@H]1CC2. The molecule has 2 fully saturated rings. The van der Waals surface area contributed by atoms with Crippen molar-refractivity contribution in [1.29, 1.82) is 0 Å². The first kappa shape index (κ1) is 14.2. The Morgan fingerprint density at radius 3 is 2.82 bits per heavy atom. The zero-order chi connectivity index (χ0) is 15.5. The summed E-state index contributed by atoms with van der Waals surface area (Å²) in [6.07, 6.45) is 12.1. The number of phenolic OH excluding ortho intramolecular Hbond substituents is 1. The number of rotatable bonds is 0. The first-order valence-electron chi connectivity index (χ1n) is 8.55. The lowest BCUT2D eigenvalue weighted by molar-refractivity contribution is -0.0226. The lowest BCUT2D eigenvalue weighted by Crippen LogP contribution is -2.44. The van der Waals surface area contributed by atoms with Gasteiger partial charge in [-0.15, -0.1) is 6.42 Å². The monoisotopic (exact) mass is 296 g/mol. The Kier molecular flexibility index (Phi) is 3.07. The third-order valence-electron chi connectivity index (χ3n) is 6.91. The van der Waals surface area contributed by atoms with Crippen LogP contribution in [-0.2, 0) is 6.42 Å². The minimum Gasteiger partial charge on any atom is -0.508 e. The van der Waals surface area contributed by atoms with Crippen molar-refractivity contribution in [2.45, 2.75) is 57.5 Å². The highest BCUT2D eigenvalue weighted by Crippen LogP contribution is 2.61. The van der Waals surface area contributed by atoms with E-state index in [1.807, 2.05) is 6.07 Å². The number of aryl methyl sites for hydroxylation is 1. The van der Waals surface area contributed by atoms with E-state index in [0.29, 0.717) is 23.5 Å². The highest BCUT2D eigenvalue weighted by molar-refractivity contribution is 5.52. The van der Waals surface area contributed by atoms with Gasteiger partial charge in [0.05, 0.1) is 6.10 Å². The van der Waals surface area contributed by atoms with Gasteiger partial charge in [-0.05, 0) is 85.0 Å². The number of terminal acetylenes is 1. The van der Waals surface area contributed by atoms with Gasteiger partial charge in [0.15, 0.2) is 0 Å². The van der Waals surface area contributed by atoms with Crippen molar-refractivity contribution in [2.24, 2.45) is 17.3 Å². The fraction of sp³-hybridized carbons (Fsp3) is 0.600. The van der Waals surface area contributed by atoms with E-state index in [1.165, 1.54) is 11.1 Å². The molecule has 0 bridgehead atoms. The largest absolute Gasteiger partial charge is 0.508 e. The van der Waals surface area contributed by atoms with E-state index in [4.69, 9.17) is 6.42 Å². The molecule has 0 radical (unpaired) electrons. The first-order valence-corrected chi connectivity index (χ1v) is 8.55. The second kappa shape index (κ2) is 4.77. The number of hydrogen-bond acceptors (Lipinski definition) is 2. The molecule has 5 atom stereocenters. The van der Waals surface area contributed by atoms with Crippen LogP contribution in [-0.4, -0.2) is 16.3 Å². The molecule has 0 aliphatic heterocycles. The molecular weight excluding hydrogens is 272 g/mol. The lowest BCUT2D eigenvalue weighted by atomic mass is 9.55. The van der Waals surface area contributed by atoms with Crippen molar-refractivity contribution in [3.8, 4) is 18.1 Å². The summed E-state index contributed by atoms with van der Waals surface area (Å²) in [5.74, 6) is 4.86. The van der Waals surface area contributed by atoms with Crippen molar-refractivity contribution >= 4 is 0 Å². The molecule has 1 aromatic rings. The molecule has 2 heteroatoms. The van der Waals surface area contributed by atoms with Gasteiger partial charge in [-0.25, -0.2) is 0 Å². The molecule has 0 heterocycles. The molecule has 0 spiro atoms. The van der Waals surface area contributed by atoms with Crippen molar-refractivity contribution in [3.05, 3.63) is 28.8 Å². The van der Waals surface area contributed by atoms with Crippen LogP contribution in [0.2, 0.25) is 0 Å². The zero-order valence-electron chi connectivity index (χ0n) is 13.2. The molecular formula is C20H24O2. The summed E-state index contributed by atoms with van der Waals surface area (Å²) in [6.45, 7) is 2.29. The Balaban J connectivity index is 1.78. The Hall–Kier alpha value is -1.46. The summed E-state index contributed by atoms with van der Waals surface area (Å²) < 4.78 is 0. The van der Waals surface area contributed by atoms with Crippen molar-refractivity contribution < 1.29 is 10.2 Å². The molecule has 2 N–H and O–H groups in total. The van der Waals surface area contributed by atoms with E-state index in [1.54, 1.807) is 6.07 Å². The summed E-state index contributed by atoms with van der Waals surface area (Å²) in [5, 5.41) is 20.3. The predicted octanol–water partition coefficient (Wildman–Crippen LogP) is 3.59. The van der Waals surface area contributed by atoms with Gasteiger partial charge in [-0.2, -0.15) is 0 Å². The van der Waals surface area contributed by atoms with Gasteiger partial charge in [0.1, 0.15) is 5.75 Å². The van der Waals surface area contributed by atoms with Crippen LogP contribution in [0.3, 0.4) is 0 Å². The van der Waals surface area contributed by atoms with Gasteiger partial charge in [0.2, 0.25) is 0 Å². The molecule has 4 rings (SSSR count). The molecule has 22 heavy (non-hydrogen) atoms. The number of aliphatic hydroxyl groups is 1. The highest BCUT2D eigenvalue weighted by atomic mass is 16.3. The maximum Gasteiger partial charge on any atom is 0.117 e. The topological polar surface area (TPSA) is 40.5 Å². The second-order valence-electron chi connectivity index (χ2n) is 7.76. The van der Waals surface area contributed by atoms with E-state index >= 15 is 0 Å². The minimum absolute atomic E-state index is 0.103. The number of fused-ring (bicyclic) bond motifs is 5. The second-order valence-corrected chi connectivity index (χ2v) is 7.76. The summed E-state index contributed by atoms with van der Waals surface area (Å²) >= 11 is 0. The molecule has 3 aliphatic carbocycles. The normalized spacial score (nSPS) is 39.5. The zero-order valence-corrected chi connectivity index (χ0v) is 13.2. The number of benzene rings is 1. The average molecular weight is 296 g/mol. The quantitative estimate of drug-likeness (QED) is 0.718. The summed E-state index contributed by atoms with van der Waals surface area (Å²) in [7, 11) is 0. The van der Waals surface area contributed by atoms with Crippen LogP contribution < -0.4 is 0 Å². The average Bonchev–Trinajstić information content (AvgIpc) is 2.81. The van der Waals surface area contributed by atoms with Gasteiger partial charge in [-0.1, -0.05) is 12.8 Å². The van der Waals surface area contributed by atoms with Gasteiger partial charge < -0.3 is 10.2 Å². The van der Waals surface area contributed by atoms with Crippen molar-refractivity contribution in [1.82, 2.24) is 0 Å². The molecule has 116 valence electrons. The van der Waals surface area contributed by atoms with Crippen molar-refractivity contribution in [3.63, 3.8) is 0 Å². The van der Waals surface area contributed by atoms with E-state index < -0.39 is 0 Å². The molecule has 0 amide bonds. The molecule has 3 aliphatic rings. The summed E-state index contributed by atoms with van der Waals surface area (Å²) in [6, 6.07) is 3.65. The fourth-order valence-corrected chi connectivity index (χ4v) is 5.80. The third-order valence-corrected chi connectivity index (χ3v) is 6.91. The van der Waals surface area contributed by atoms with E-state index in [9.17, 15) is 10.2 Å².